The van der Waals surface area contributed by atoms with Gasteiger partial charge in [0.2, 0.25) is 5.75 Å². The number of nitrogens with one attached hydrogen (secondary N) is 3. The Morgan fingerprint density at radius 1 is 1.21 bits per heavy atom. The van der Waals surface area contributed by atoms with Crippen molar-refractivity contribution < 1.29 is 28.6 Å². The van der Waals surface area contributed by atoms with Crippen LogP contribution in [-0.2, 0) is 33.0 Å². The summed E-state index contributed by atoms with van der Waals surface area (Å²) < 4.78 is 21.1. The number of hydrogen-bond donors (Lipinski definition) is 4. The number of ether oxygens (including phenoxy) is 1. The van der Waals surface area contributed by atoms with Crippen LogP contribution in [0.4, 0.5) is 4.39 Å². The van der Waals surface area contributed by atoms with Crippen molar-refractivity contribution in [3.63, 3.8) is 0 Å². The van der Waals surface area contributed by atoms with Gasteiger partial charge in [-0.1, -0.05) is 23.7 Å². The van der Waals surface area contributed by atoms with E-state index >= 15 is 0 Å². The van der Waals surface area contributed by atoms with E-state index in [0.29, 0.717) is 52.0 Å². The number of rotatable bonds is 10. The van der Waals surface area contributed by atoms with Crippen molar-refractivity contribution in [2.24, 2.45) is 5.41 Å². The number of aromatic nitrogens is 2. The molecule has 0 unspecified atom stereocenters. The molecule has 1 saturated carbocycles. The zero-order chi connectivity index (χ0) is 30.7. The molecule has 2 aromatic rings. The highest BCUT2D eigenvalue weighted by molar-refractivity contribution is 6.35. The monoisotopic (exact) mass is 606 g/mol. The second-order valence-corrected chi connectivity index (χ2v) is 11.4. The summed E-state index contributed by atoms with van der Waals surface area (Å²) in [5.74, 6) is -4.06. The van der Waals surface area contributed by atoms with E-state index in [1.54, 1.807) is 0 Å². The van der Waals surface area contributed by atoms with E-state index in [0.717, 1.165) is 4.90 Å². The van der Waals surface area contributed by atoms with Gasteiger partial charge in [-0.25, -0.2) is 9.37 Å². The van der Waals surface area contributed by atoms with Crippen LogP contribution in [-0.4, -0.2) is 77.7 Å². The van der Waals surface area contributed by atoms with Gasteiger partial charge in [0.15, 0.2) is 5.69 Å². The molecule has 0 radical (unpaired) electrons. The van der Waals surface area contributed by atoms with Crippen molar-refractivity contribution in [2.75, 3.05) is 40.4 Å². The molecule has 4 N–H and O–H groups in total. The first-order chi connectivity index (χ1) is 19.9. The first-order valence-electron chi connectivity index (χ1n) is 13.8. The van der Waals surface area contributed by atoms with E-state index in [1.807, 2.05) is 6.92 Å². The molecule has 0 spiro atoms. The highest BCUT2D eigenvalue weighted by atomic mass is 35.5. The summed E-state index contributed by atoms with van der Waals surface area (Å²) in [5, 5.41) is 19.4. The van der Waals surface area contributed by atoms with Gasteiger partial charge in [-0.2, -0.15) is 0 Å². The zero-order valence-electron chi connectivity index (χ0n) is 23.9. The molecule has 1 aliphatic carbocycles. The number of likely N-dealkylation sites (N-methyl/N-ethyl adjacent to an activating group) is 1. The van der Waals surface area contributed by atoms with Crippen molar-refractivity contribution in [2.45, 2.75) is 51.2 Å². The van der Waals surface area contributed by atoms with E-state index < -0.39 is 51.5 Å². The van der Waals surface area contributed by atoms with Crippen molar-refractivity contribution in [3.05, 3.63) is 56.5 Å². The minimum absolute atomic E-state index is 0.0815. The largest absolute Gasteiger partial charge is 0.501 e. The standard InChI is InChI=1S/C28H36ClFN6O6/c1-4-42-13-12-31-15-27-8-10-28(11-9-27,34-23(39)25(41)35(2)3)26-33-20(21(37)24(40)36(26)16-27)22(38)32-14-17-6-5-7-18(29)19(17)30/h5-7,31,37H,4,8-16H2,1-3H3,(H,32,38)(H,34,39). The fourth-order valence-corrected chi connectivity index (χ4v) is 5.81. The Balaban J connectivity index is 1.71. The lowest BCUT2D eigenvalue weighted by Gasteiger charge is -2.42. The molecule has 0 atom stereocenters. The molecular formula is C28H36ClFN6O6. The smallest absolute Gasteiger partial charge is 0.311 e. The van der Waals surface area contributed by atoms with E-state index in [9.17, 15) is 28.7 Å². The number of carbonyl (C=O) groups excluding carboxylic acids is 3. The Bertz CT molecular complexity index is 1420. The number of aromatic hydroxyl groups is 1. The quantitative estimate of drug-likeness (QED) is 0.233. The van der Waals surface area contributed by atoms with Crippen LogP contribution in [0.2, 0.25) is 5.02 Å². The number of amides is 3. The van der Waals surface area contributed by atoms with Crippen LogP contribution in [0, 0.1) is 11.2 Å². The Labute approximate surface area is 247 Å². The van der Waals surface area contributed by atoms with Crippen LogP contribution in [0.5, 0.6) is 5.75 Å². The third-order valence-electron chi connectivity index (χ3n) is 8.00. The van der Waals surface area contributed by atoms with Crippen LogP contribution in [0.1, 0.15) is 54.5 Å². The maximum atomic E-state index is 14.4. The minimum atomic E-state index is -1.24. The Kier molecular flexibility index (Phi) is 9.53. The molecule has 3 heterocycles. The van der Waals surface area contributed by atoms with Crippen LogP contribution in [0.15, 0.2) is 23.0 Å². The van der Waals surface area contributed by atoms with Crippen LogP contribution in [0.25, 0.3) is 0 Å². The molecule has 0 saturated heterocycles. The maximum Gasteiger partial charge on any atom is 0.311 e. The molecule has 1 aromatic carbocycles. The van der Waals surface area contributed by atoms with Gasteiger partial charge in [0.05, 0.1) is 17.2 Å². The Morgan fingerprint density at radius 2 is 1.93 bits per heavy atom. The van der Waals surface area contributed by atoms with Gasteiger partial charge in [0.25, 0.3) is 11.5 Å². The second kappa shape index (κ2) is 12.8. The van der Waals surface area contributed by atoms with Crippen molar-refractivity contribution in [1.29, 1.82) is 0 Å². The summed E-state index contributed by atoms with van der Waals surface area (Å²) in [5.41, 5.74) is -2.96. The summed E-state index contributed by atoms with van der Waals surface area (Å²) in [6.45, 7) is 4.08. The van der Waals surface area contributed by atoms with Gasteiger partial charge in [-0.05, 0) is 38.7 Å². The van der Waals surface area contributed by atoms with Crippen molar-refractivity contribution in [3.8, 4) is 5.75 Å². The lowest BCUT2D eigenvalue weighted by Crippen LogP contribution is -2.54. The van der Waals surface area contributed by atoms with Gasteiger partial charge < -0.3 is 30.7 Å². The topological polar surface area (TPSA) is 155 Å². The van der Waals surface area contributed by atoms with Crippen molar-refractivity contribution >= 4 is 29.3 Å². The summed E-state index contributed by atoms with van der Waals surface area (Å²) in [6, 6.07) is 4.33. The average Bonchev–Trinajstić information content (AvgIpc) is 3.18. The summed E-state index contributed by atoms with van der Waals surface area (Å²) in [7, 11) is 2.90. The van der Waals surface area contributed by atoms with E-state index in [-0.39, 0.29) is 29.5 Å². The fourth-order valence-electron chi connectivity index (χ4n) is 5.61. The molecule has 42 heavy (non-hydrogen) atoms. The normalized spacial score (nSPS) is 20.9. The molecule has 5 rings (SSSR count). The third kappa shape index (κ3) is 6.27. The molecule has 3 aliphatic rings. The lowest BCUT2D eigenvalue weighted by molar-refractivity contribution is -0.145. The van der Waals surface area contributed by atoms with Crippen LogP contribution >= 0.6 is 11.6 Å². The van der Waals surface area contributed by atoms with Gasteiger partial charge >= 0.3 is 11.8 Å². The number of hydrogen-bond acceptors (Lipinski definition) is 8. The van der Waals surface area contributed by atoms with Gasteiger partial charge in [0, 0.05) is 57.9 Å². The Hall–Kier alpha value is -3.55. The molecular weight excluding hydrogens is 571 g/mol. The van der Waals surface area contributed by atoms with E-state index in [1.165, 1.54) is 36.9 Å². The molecule has 1 aromatic heterocycles. The number of benzene rings is 1. The van der Waals surface area contributed by atoms with Gasteiger partial charge in [-0.3, -0.25) is 23.7 Å². The number of nitrogens with zero attached hydrogens (tertiary/aromatic N) is 3. The lowest BCUT2D eigenvalue weighted by atomic mass is 9.68. The minimum Gasteiger partial charge on any atom is -0.501 e. The van der Waals surface area contributed by atoms with E-state index in [2.05, 4.69) is 20.9 Å². The van der Waals surface area contributed by atoms with Gasteiger partial charge in [0.1, 0.15) is 11.6 Å². The zero-order valence-corrected chi connectivity index (χ0v) is 24.6. The molecule has 3 amide bonds. The third-order valence-corrected chi connectivity index (χ3v) is 8.29. The van der Waals surface area contributed by atoms with Crippen molar-refractivity contribution in [1.82, 2.24) is 30.4 Å². The molecule has 2 bridgehead atoms. The average molecular weight is 607 g/mol. The fraction of sp³-hybridized carbons (Fsp3) is 0.536. The van der Waals surface area contributed by atoms with Crippen LogP contribution < -0.4 is 21.5 Å². The maximum absolute atomic E-state index is 14.4. The highest BCUT2D eigenvalue weighted by Gasteiger charge is 2.52. The first kappa shape index (κ1) is 31.4. The first-order valence-corrected chi connectivity index (χ1v) is 14.2. The summed E-state index contributed by atoms with van der Waals surface area (Å²) in [6.07, 6.45) is 1.84. The number of carbonyl (C=O) groups is 3. The Morgan fingerprint density at radius 3 is 2.60 bits per heavy atom. The van der Waals surface area contributed by atoms with Gasteiger partial charge in [-0.15, -0.1) is 0 Å². The summed E-state index contributed by atoms with van der Waals surface area (Å²) in [4.78, 5) is 57.8. The highest BCUT2D eigenvalue weighted by Crippen LogP contribution is 2.49. The molecule has 2 aliphatic heterocycles. The predicted octanol–water partition coefficient (Wildman–Crippen LogP) is 1.27. The molecule has 12 nitrogen and oxygen atoms in total. The molecule has 1 fully saturated rings. The number of fused-ring (bicyclic) bond motifs is 2. The van der Waals surface area contributed by atoms with E-state index in [4.69, 9.17) is 16.3 Å². The SMILES string of the molecule is CCOCCNCC12CCC(NC(=O)C(=O)N(C)C)(CC1)c1nc(C(=O)NCc3cccc(Cl)c3F)c(O)c(=O)n1C2. The number of halogens is 2. The predicted molar refractivity (Wildman–Crippen MR) is 152 cm³/mol. The molecule has 228 valence electrons. The second-order valence-electron chi connectivity index (χ2n) is 11.0. The van der Waals surface area contributed by atoms with Crippen LogP contribution in [0.3, 0.4) is 0 Å². The summed E-state index contributed by atoms with van der Waals surface area (Å²) >= 11 is 5.83. The molecule has 14 heteroatoms.